The highest BCUT2D eigenvalue weighted by Crippen LogP contribution is 2.25. The summed E-state index contributed by atoms with van der Waals surface area (Å²) < 4.78 is 2.15. The van der Waals surface area contributed by atoms with E-state index in [1.54, 1.807) is 0 Å². The largest absolute Gasteiger partial charge is 0.336 e. The number of rotatable bonds is 6. The third-order valence-electron chi connectivity index (χ3n) is 4.01. The van der Waals surface area contributed by atoms with E-state index in [-0.39, 0.29) is 5.41 Å². The monoisotopic (exact) mass is 285 g/mol. The van der Waals surface area contributed by atoms with Crippen LogP contribution in [0.3, 0.4) is 0 Å². The molecule has 0 aliphatic carbocycles. The van der Waals surface area contributed by atoms with Crippen LogP contribution in [0.25, 0.3) is 0 Å². The Morgan fingerprint density at radius 3 is 2.43 bits per heavy atom. The van der Waals surface area contributed by atoms with Crippen molar-refractivity contribution in [2.24, 2.45) is 5.41 Å². The van der Waals surface area contributed by atoms with Gasteiger partial charge < -0.3 is 9.88 Å². The van der Waals surface area contributed by atoms with Gasteiger partial charge >= 0.3 is 0 Å². The number of benzene rings is 1. The summed E-state index contributed by atoms with van der Waals surface area (Å²) in [6.07, 6.45) is 6.85. The van der Waals surface area contributed by atoms with Gasteiger partial charge in [0.15, 0.2) is 0 Å². The van der Waals surface area contributed by atoms with Crippen molar-refractivity contribution in [1.82, 2.24) is 14.9 Å². The zero-order valence-electron chi connectivity index (χ0n) is 13.6. The number of hydrogen-bond acceptors (Lipinski definition) is 2. The molecule has 0 spiro atoms. The van der Waals surface area contributed by atoms with Gasteiger partial charge in [-0.2, -0.15) is 0 Å². The SMILES string of the molecule is CCC(NC(Cn1ccnc1)C(C)(C)C)c1ccccc1. The van der Waals surface area contributed by atoms with Gasteiger partial charge in [0.2, 0.25) is 0 Å². The maximum absolute atomic E-state index is 4.15. The standard InChI is InChI=1S/C18H27N3/c1-5-16(15-9-7-6-8-10-15)20-17(18(2,3)4)13-21-12-11-19-14-21/h6-12,14,16-17,20H,5,13H2,1-4H3. The maximum Gasteiger partial charge on any atom is 0.0946 e. The van der Waals surface area contributed by atoms with Crippen LogP contribution in [-0.2, 0) is 6.54 Å². The third-order valence-corrected chi connectivity index (χ3v) is 4.01. The van der Waals surface area contributed by atoms with E-state index in [0.29, 0.717) is 12.1 Å². The average molecular weight is 285 g/mol. The molecule has 21 heavy (non-hydrogen) atoms. The minimum Gasteiger partial charge on any atom is -0.336 e. The highest BCUT2D eigenvalue weighted by atomic mass is 15.1. The summed E-state index contributed by atoms with van der Waals surface area (Å²) in [6.45, 7) is 10.0. The van der Waals surface area contributed by atoms with Crippen molar-refractivity contribution in [1.29, 1.82) is 0 Å². The van der Waals surface area contributed by atoms with Crippen molar-refractivity contribution >= 4 is 0 Å². The number of hydrogen-bond donors (Lipinski definition) is 1. The molecule has 1 heterocycles. The summed E-state index contributed by atoms with van der Waals surface area (Å²) in [5.74, 6) is 0. The fraction of sp³-hybridized carbons (Fsp3) is 0.500. The molecule has 0 saturated heterocycles. The first-order valence-corrected chi connectivity index (χ1v) is 7.77. The van der Waals surface area contributed by atoms with Gasteiger partial charge in [0.1, 0.15) is 0 Å². The Balaban J connectivity index is 2.13. The lowest BCUT2D eigenvalue weighted by molar-refractivity contribution is 0.219. The van der Waals surface area contributed by atoms with Gasteiger partial charge in [0.25, 0.3) is 0 Å². The molecule has 0 radical (unpaired) electrons. The van der Waals surface area contributed by atoms with Crippen molar-refractivity contribution in [2.45, 2.75) is 52.7 Å². The molecule has 0 fully saturated rings. The summed E-state index contributed by atoms with van der Waals surface area (Å²) in [6, 6.07) is 11.5. The van der Waals surface area contributed by atoms with Crippen LogP contribution in [0, 0.1) is 5.41 Å². The number of nitrogens with zero attached hydrogens (tertiary/aromatic N) is 2. The van der Waals surface area contributed by atoms with Crippen molar-refractivity contribution < 1.29 is 0 Å². The molecular formula is C18H27N3. The van der Waals surface area contributed by atoms with E-state index in [1.165, 1.54) is 5.56 Å². The Hall–Kier alpha value is -1.61. The lowest BCUT2D eigenvalue weighted by Crippen LogP contribution is -2.45. The zero-order chi connectivity index (χ0) is 15.3. The first kappa shape index (κ1) is 15.8. The molecule has 0 aliphatic heterocycles. The second-order valence-electron chi connectivity index (χ2n) is 6.72. The van der Waals surface area contributed by atoms with E-state index in [2.05, 4.69) is 72.9 Å². The Labute approximate surface area is 128 Å². The lowest BCUT2D eigenvalue weighted by atomic mass is 9.85. The molecule has 2 aromatic rings. The minimum atomic E-state index is 0.187. The summed E-state index contributed by atoms with van der Waals surface area (Å²) in [5, 5.41) is 3.85. The van der Waals surface area contributed by atoms with E-state index in [1.807, 2.05) is 18.7 Å². The van der Waals surface area contributed by atoms with Crippen LogP contribution >= 0.6 is 0 Å². The summed E-state index contributed by atoms with van der Waals surface area (Å²) in [7, 11) is 0. The molecule has 1 aromatic carbocycles. The van der Waals surface area contributed by atoms with Gasteiger partial charge in [-0.05, 0) is 17.4 Å². The van der Waals surface area contributed by atoms with Gasteiger partial charge in [-0.15, -0.1) is 0 Å². The normalized spacial score (nSPS) is 14.9. The minimum absolute atomic E-state index is 0.187. The van der Waals surface area contributed by atoms with E-state index >= 15 is 0 Å². The predicted octanol–water partition coefficient (Wildman–Crippen LogP) is 4.04. The fourth-order valence-electron chi connectivity index (χ4n) is 2.56. The van der Waals surface area contributed by atoms with Crippen LogP contribution in [-0.4, -0.2) is 15.6 Å². The first-order valence-electron chi connectivity index (χ1n) is 7.77. The van der Waals surface area contributed by atoms with Crippen molar-refractivity contribution in [3.05, 3.63) is 54.6 Å². The molecule has 3 heteroatoms. The topological polar surface area (TPSA) is 29.9 Å². The molecule has 1 aromatic heterocycles. The Morgan fingerprint density at radius 1 is 1.19 bits per heavy atom. The smallest absolute Gasteiger partial charge is 0.0946 e. The molecule has 3 nitrogen and oxygen atoms in total. The highest BCUT2D eigenvalue weighted by molar-refractivity contribution is 5.19. The van der Waals surface area contributed by atoms with Crippen LogP contribution in [0.4, 0.5) is 0 Å². The predicted molar refractivity (Wildman–Crippen MR) is 88.1 cm³/mol. The molecule has 114 valence electrons. The van der Waals surface area contributed by atoms with Crippen LogP contribution in [0.5, 0.6) is 0 Å². The second-order valence-corrected chi connectivity index (χ2v) is 6.72. The Kier molecular flexibility index (Phi) is 5.18. The van der Waals surface area contributed by atoms with Crippen LogP contribution < -0.4 is 5.32 Å². The summed E-state index contributed by atoms with van der Waals surface area (Å²) >= 11 is 0. The summed E-state index contributed by atoms with van der Waals surface area (Å²) in [5.41, 5.74) is 1.55. The molecule has 0 amide bonds. The third kappa shape index (κ3) is 4.43. The van der Waals surface area contributed by atoms with Crippen LogP contribution in [0.2, 0.25) is 0 Å². The van der Waals surface area contributed by atoms with Crippen molar-refractivity contribution in [3.63, 3.8) is 0 Å². The molecule has 0 bridgehead atoms. The van der Waals surface area contributed by atoms with Crippen molar-refractivity contribution in [3.8, 4) is 0 Å². The molecule has 2 rings (SSSR count). The second kappa shape index (κ2) is 6.90. The number of imidazole rings is 1. The fourth-order valence-corrected chi connectivity index (χ4v) is 2.56. The number of nitrogens with one attached hydrogen (secondary N) is 1. The van der Waals surface area contributed by atoms with Crippen LogP contribution in [0.15, 0.2) is 49.1 Å². The van der Waals surface area contributed by atoms with E-state index < -0.39 is 0 Å². The molecule has 1 N–H and O–H groups in total. The molecule has 0 aliphatic rings. The molecule has 2 atom stereocenters. The number of aromatic nitrogens is 2. The lowest BCUT2D eigenvalue weighted by Gasteiger charge is -2.35. The highest BCUT2D eigenvalue weighted by Gasteiger charge is 2.27. The Morgan fingerprint density at radius 2 is 1.90 bits per heavy atom. The molecular weight excluding hydrogens is 258 g/mol. The van der Waals surface area contributed by atoms with E-state index in [9.17, 15) is 0 Å². The quantitative estimate of drug-likeness (QED) is 0.868. The van der Waals surface area contributed by atoms with Gasteiger partial charge in [-0.1, -0.05) is 58.0 Å². The van der Waals surface area contributed by atoms with Gasteiger partial charge in [-0.3, -0.25) is 0 Å². The summed E-state index contributed by atoms with van der Waals surface area (Å²) in [4.78, 5) is 4.15. The van der Waals surface area contributed by atoms with Gasteiger partial charge in [0.05, 0.1) is 6.33 Å². The first-order chi connectivity index (χ1) is 10.0. The zero-order valence-corrected chi connectivity index (χ0v) is 13.6. The van der Waals surface area contributed by atoms with E-state index in [0.717, 1.165) is 13.0 Å². The Bertz CT molecular complexity index is 511. The van der Waals surface area contributed by atoms with Crippen molar-refractivity contribution in [2.75, 3.05) is 0 Å². The molecule has 2 unspecified atom stereocenters. The average Bonchev–Trinajstić information content (AvgIpc) is 2.96. The van der Waals surface area contributed by atoms with Gasteiger partial charge in [0, 0.05) is 31.0 Å². The van der Waals surface area contributed by atoms with E-state index in [4.69, 9.17) is 0 Å². The molecule has 0 saturated carbocycles. The van der Waals surface area contributed by atoms with Crippen LogP contribution in [0.1, 0.15) is 45.7 Å². The van der Waals surface area contributed by atoms with Gasteiger partial charge in [-0.25, -0.2) is 4.98 Å². The maximum atomic E-state index is 4.15.